The van der Waals surface area contributed by atoms with Gasteiger partial charge < -0.3 is 4.90 Å². The van der Waals surface area contributed by atoms with Gasteiger partial charge in [-0.25, -0.2) is 4.39 Å². The first kappa shape index (κ1) is 11.8. The summed E-state index contributed by atoms with van der Waals surface area (Å²) in [5.74, 6) is -0.518. The maximum atomic E-state index is 13.7. The summed E-state index contributed by atoms with van der Waals surface area (Å²) in [4.78, 5) is 24.0. The van der Waals surface area contributed by atoms with E-state index < -0.39 is 5.82 Å². The van der Waals surface area contributed by atoms with Crippen molar-refractivity contribution in [2.45, 2.75) is 25.7 Å². The zero-order valence-corrected chi connectivity index (χ0v) is 9.49. The van der Waals surface area contributed by atoms with Crippen molar-refractivity contribution >= 4 is 17.9 Å². The predicted molar refractivity (Wildman–Crippen MR) is 62.6 cm³/mol. The van der Waals surface area contributed by atoms with Crippen LogP contribution in [-0.2, 0) is 4.79 Å². The molecule has 0 atom stereocenters. The number of hydrogen-bond acceptors (Lipinski definition) is 2. The van der Waals surface area contributed by atoms with Crippen LogP contribution in [-0.4, -0.2) is 18.7 Å². The molecule has 1 aromatic carbocycles. The van der Waals surface area contributed by atoms with Gasteiger partial charge in [0.1, 0.15) is 12.1 Å². The molecule has 4 heteroatoms. The number of benzene rings is 1. The lowest BCUT2D eigenvalue weighted by Crippen LogP contribution is -2.30. The SMILES string of the molecule is O=Cc1ccc(F)c(N2CCCCCC2=O)c1. The molecule has 0 aliphatic carbocycles. The van der Waals surface area contributed by atoms with Crippen molar-refractivity contribution in [1.82, 2.24) is 0 Å². The number of carbonyl (C=O) groups excluding carboxylic acids is 2. The number of aldehydes is 1. The Hall–Kier alpha value is -1.71. The second-order valence-corrected chi connectivity index (χ2v) is 4.18. The van der Waals surface area contributed by atoms with E-state index in [9.17, 15) is 14.0 Å². The van der Waals surface area contributed by atoms with Crippen LogP contribution in [0.25, 0.3) is 0 Å². The molecular weight excluding hydrogens is 221 g/mol. The molecule has 90 valence electrons. The number of amides is 1. The first-order valence-electron chi connectivity index (χ1n) is 5.77. The van der Waals surface area contributed by atoms with Gasteiger partial charge in [-0.3, -0.25) is 9.59 Å². The number of carbonyl (C=O) groups is 2. The van der Waals surface area contributed by atoms with E-state index in [0.29, 0.717) is 24.8 Å². The van der Waals surface area contributed by atoms with E-state index in [-0.39, 0.29) is 11.6 Å². The molecule has 3 nitrogen and oxygen atoms in total. The quantitative estimate of drug-likeness (QED) is 0.739. The Bertz CT molecular complexity index is 445. The molecule has 0 N–H and O–H groups in total. The highest BCUT2D eigenvalue weighted by molar-refractivity contribution is 5.94. The van der Waals surface area contributed by atoms with Crippen molar-refractivity contribution in [1.29, 1.82) is 0 Å². The lowest BCUT2D eigenvalue weighted by Gasteiger charge is -2.21. The van der Waals surface area contributed by atoms with Gasteiger partial charge in [-0.1, -0.05) is 6.42 Å². The fourth-order valence-corrected chi connectivity index (χ4v) is 2.05. The monoisotopic (exact) mass is 235 g/mol. The maximum absolute atomic E-state index is 13.7. The molecule has 0 spiro atoms. The maximum Gasteiger partial charge on any atom is 0.227 e. The van der Waals surface area contributed by atoms with Crippen molar-refractivity contribution in [3.63, 3.8) is 0 Å². The van der Waals surface area contributed by atoms with Gasteiger partial charge in [0.05, 0.1) is 5.69 Å². The average Bonchev–Trinajstić information content (AvgIpc) is 2.55. The summed E-state index contributed by atoms with van der Waals surface area (Å²) in [5, 5.41) is 0. The summed E-state index contributed by atoms with van der Waals surface area (Å²) in [6.45, 7) is 0.526. The minimum Gasteiger partial charge on any atom is -0.310 e. The van der Waals surface area contributed by atoms with E-state index in [1.54, 1.807) is 0 Å². The molecule has 0 saturated carbocycles. The zero-order chi connectivity index (χ0) is 12.3. The highest BCUT2D eigenvalue weighted by atomic mass is 19.1. The van der Waals surface area contributed by atoms with E-state index in [2.05, 4.69) is 0 Å². The average molecular weight is 235 g/mol. The molecule has 17 heavy (non-hydrogen) atoms. The fraction of sp³-hybridized carbons (Fsp3) is 0.385. The van der Waals surface area contributed by atoms with Crippen LogP contribution in [0.5, 0.6) is 0 Å². The van der Waals surface area contributed by atoms with Crippen LogP contribution >= 0.6 is 0 Å². The Balaban J connectivity index is 2.36. The van der Waals surface area contributed by atoms with Gasteiger partial charge in [-0.2, -0.15) is 0 Å². The third-order valence-electron chi connectivity index (χ3n) is 2.97. The Morgan fingerprint density at radius 3 is 2.82 bits per heavy atom. The molecule has 2 rings (SSSR count). The molecule has 0 unspecified atom stereocenters. The summed E-state index contributed by atoms with van der Waals surface area (Å²) in [6.07, 6.45) is 3.81. The Morgan fingerprint density at radius 1 is 1.24 bits per heavy atom. The predicted octanol–water partition coefficient (Wildman–Crippen LogP) is 2.55. The van der Waals surface area contributed by atoms with Crippen molar-refractivity contribution in [3.8, 4) is 0 Å². The Labute approximate surface area is 99.2 Å². The van der Waals surface area contributed by atoms with E-state index in [4.69, 9.17) is 0 Å². The van der Waals surface area contributed by atoms with Gasteiger partial charge in [0.15, 0.2) is 0 Å². The summed E-state index contributed by atoms with van der Waals surface area (Å²) >= 11 is 0. The molecule has 0 bridgehead atoms. The molecular formula is C13H14FNO2. The topological polar surface area (TPSA) is 37.4 Å². The molecule has 0 aromatic heterocycles. The van der Waals surface area contributed by atoms with Gasteiger partial charge in [0.25, 0.3) is 0 Å². The van der Waals surface area contributed by atoms with Crippen LogP contribution in [0.3, 0.4) is 0 Å². The number of rotatable bonds is 2. The fourth-order valence-electron chi connectivity index (χ4n) is 2.05. The highest BCUT2D eigenvalue weighted by Crippen LogP contribution is 2.24. The van der Waals surface area contributed by atoms with Crippen LogP contribution in [0.15, 0.2) is 18.2 Å². The lowest BCUT2D eigenvalue weighted by molar-refractivity contribution is -0.118. The molecule has 1 aromatic rings. The van der Waals surface area contributed by atoms with Crippen LogP contribution in [0.2, 0.25) is 0 Å². The van der Waals surface area contributed by atoms with Crippen molar-refractivity contribution in [3.05, 3.63) is 29.6 Å². The molecule has 1 heterocycles. The van der Waals surface area contributed by atoms with Crippen LogP contribution in [0.4, 0.5) is 10.1 Å². The minimum absolute atomic E-state index is 0.0653. The lowest BCUT2D eigenvalue weighted by atomic mass is 10.2. The van der Waals surface area contributed by atoms with Gasteiger partial charge in [0.2, 0.25) is 5.91 Å². The number of nitrogens with zero attached hydrogens (tertiary/aromatic N) is 1. The summed E-state index contributed by atoms with van der Waals surface area (Å²) in [5.41, 5.74) is 0.611. The third kappa shape index (κ3) is 2.52. The normalized spacial score (nSPS) is 16.8. The number of anilines is 1. The standard InChI is InChI=1S/C13H14FNO2/c14-11-6-5-10(9-16)8-12(11)15-7-3-1-2-4-13(15)17/h5-6,8-9H,1-4,7H2. The van der Waals surface area contributed by atoms with Crippen LogP contribution < -0.4 is 4.90 Å². The van der Waals surface area contributed by atoms with Gasteiger partial charge in [-0.15, -0.1) is 0 Å². The molecule has 1 aliphatic rings. The highest BCUT2D eigenvalue weighted by Gasteiger charge is 2.21. The summed E-state index contributed by atoms with van der Waals surface area (Å²) < 4.78 is 13.7. The number of halogens is 1. The van der Waals surface area contributed by atoms with Crippen molar-refractivity contribution < 1.29 is 14.0 Å². The Kier molecular flexibility index (Phi) is 3.52. The van der Waals surface area contributed by atoms with Gasteiger partial charge in [0, 0.05) is 18.5 Å². The second-order valence-electron chi connectivity index (χ2n) is 4.18. The molecule has 1 saturated heterocycles. The van der Waals surface area contributed by atoms with Gasteiger partial charge >= 0.3 is 0 Å². The van der Waals surface area contributed by atoms with Crippen LogP contribution in [0, 0.1) is 5.82 Å². The van der Waals surface area contributed by atoms with E-state index >= 15 is 0 Å². The third-order valence-corrected chi connectivity index (χ3v) is 2.97. The first-order chi connectivity index (χ1) is 8.22. The minimum atomic E-state index is -0.453. The van der Waals surface area contributed by atoms with Crippen molar-refractivity contribution in [2.24, 2.45) is 0 Å². The Morgan fingerprint density at radius 2 is 2.06 bits per heavy atom. The second kappa shape index (κ2) is 5.08. The smallest absolute Gasteiger partial charge is 0.227 e. The molecule has 1 aliphatic heterocycles. The van der Waals surface area contributed by atoms with Crippen LogP contribution in [0.1, 0.15) is 36.0 Å². The summed E-state index contributed by atoms with van der Waals surface area (Å²) in [6, 6.07) is 4.08. The molecule has 1 amide bonds. The largest absolute Gasteiger partial charge is 0.310 e. The van der Waals surface area contributed by atoms with E-state index in [1.807, 2.05) is 0 Å². The van der Waals surface area contributed by atoms with E-state index in [1.165, 1.54) is 23.1 Å². The molecule has 1 fully saturated rings. The zero-order valence-electron chi connectivity index (χ0n) is 9.49. The van der Waals surface area contributed by atoms with Gasteiger partial charge in [-0.05, 0) is 31.0 Å². The summed E-state index contributed by atoms with van der Waals surface area (Å²) in [7, 11) is 0. The number of hydrogen-bond donors (Lipinski definition) is 0. The molecule has 0 radical (unpaired) electrons. The first-order valence-corrected chi connectivity index (χ1v) is 5.77. The van der Waals surface area contributed by atoms with Crippen molar-refractivity contribution in [2.75, 3.05) is 11.4 Å². The van der Waals surface area contributed by atoms with E-state index in [0.717, 1.165) is 19.3 Å².